The quantitative estimate of drug-likeness (QED) is 0.893. The average molecular weight is 245 g/mol. The molecule has 0 aliphatic heterocycles. The second-order valence-corrected chi connectivity index (χ2v) is 3.83. The SMILES string of the molecule is COCc1ccccc1CNC(=O)n1ccnc1. The summed E-state index contributed by atoms with van der Waals surface area (Å²) in [5, 5.41) is 2.83. The number of carbonyl (C=O) groups excluding carboxylic acids is 1. The van der Waals surface area contributed by atoms with Gasteiger partial charge in [-0.3, -0.25) is 4.57 Å². The standard InChI is InChI=1S/C13H15N3O2/c1-18-9-12-5-3-2-4-11(12)8-15-13(17)16-7-6-14-10-16/h2-7,10H,8-9H2,1H3,(H,15,17). The van der Waals surface area contributed by atoms with Gasteiger partial charge < -0.3 is 10.1 Å². The first-order chi connectivity index (χ1) is 8.81. The Morgan fingerprint density at radius 1 is 1.39 bits per heavy atom. The lowest BCUT2D eigenvalue weighted by Crippen LogP contribution is -2.27. The molecule has 0 saturated carbocycles. The third-order valence-corrected chi connectivity index (χ3v) is 2.59. The van der Waals surface area contributed by atoms with Crippen molar-refractivity contribution in [3.8, 4) is 0 Å². The van der Waals surface area contributed by atoms with Crippen LogP contribution < -0.4 is 5.32 Å². The van der Waals surface area contributed by atoms with E-state index in [-0.39, 0.29) is 6.03 Å². The summed E-state index contributed by atoms with van der Waals surface area (Å²) in [7, 11) is 1.65. The molecule has 0 radical (unpaired) electrons. The maximum Gasteiger partial charge on any atom is 0.327 e. The summed E-state index contributed by atoms with van der Waals surface area (Å²) in [5.74, 6) is 0. The van der Waals surface area contributed by atoms with Crippen LogP contribution in [0.15, 0.2) is 43.0 Å². The lowest BCUT2D eigenvalue weighted by atomic mass is 10.1. The van der Waals surface area contributed by atoms with Gasteiger partial charge in [0.1, 0.15) is 6.33 Å². The number of imidazole rings is 1. The Morgan fingerprint density at radius 2 is 2.17 bits per heavy atom. The maximum atomic E-state index is 11.7. The number of amides is 1. The second-order valence-electron chi connectivity index (χ2n) is 3.83. The fourth-order valence-corrected chi connectivity index (χ4v) is 1.67. The van der Waals surface area contributed by atoms with Crippen LogP contribution in [0, 0.1) is 0 Å². The number of aromatic nitrogens is 2. The van der Waals surface area contributed by atoms with Crippen LogP contribution in [0.2, 0.25) is 0 Å². The van der Waals surface area contributed by atoms with Crippen LogP contribution in [-0.2, 0) is 17.9 Å². The molecule has 0 aliphatic carbocycles. The molecular formula is C13H15N3O2. The molecule has 0 spiro atoms. The number of nitrogens with zero attached hydrogens (tertiary/aromatic N) is 2. The van der Waals surface area contributed by atoms with Crippen molar-refractivity contribution < 1.29 is 9.53 Å². The number of rotatable bonds is 4. The Balaban J connectivity index is 2.00. The molecule has 5 nitrogen and oxygen atoms in total. The third kappa shape index (κ3) is 2.95. The maximum absolute atomic E-state index is 11.7. The number of ether oxygens (including phenoxy) is 1. The van der Waals surface area contributed by atoms with Crippen molar-refractivity contribution in [2.24, 2.45) is 0 Å². The van der Waals surface area contributed by atoms with Crippen molar-refractivity contribution in [1.29, 1.82) is 0 Å². The average Bonchev–Trinajstić information content (AvgIpc) is 2.92. The summed E-state index contributed by atoms with van der Waals surface area (Å²) in [6.07, 6.45) is 4.64. The Morgan fingerprint density at radius 3 is 2.83 bits per heavy atom. The molecule has 1 aromatic heterocycles. The minimum absolute atomic E-state index is 0.195. The highest BCUT2D eigenvalue weighted by Gasteiger charge is 2.05. The van der Waals surface area contributed by atoms with Crippen molar-refractivity contribution in [3.05, 3.63) is 54.1 Å². The summed E-state index contributed by atoms with van der Waals surface area (Å²) >= 11 is 0. The molecule has 0 aliphatic rings. The zero-order chi connectivity index (χ0) is 12.8. The predicted molar refractivity (Wildman–Crippen MR) is 67.0 cm³/mol. The Hall–Kier alpha value is -2.14. The summed E-state index contributed by atoms with van der Waals surface area (Å²) in [6.45, 7) is 1.01. The van der Waals surface area contributed by atoms with Crippen LogP contribution in [0.1, 0.15) is 11.1 Å². The van der Waals surface area contributed by atoms with E-state index in [9.17, 15) is 4.79 Å². The van der Waals surface area contributed by atoms with E-state index in [1.165, 1.54) is 10.9 Å². The van der Waals surface area contributed by atoms with E-state index in [0.717, 1.165) is 11.1 Å². The highest BCUT2D eigenvalue weighted by molar-refractivity contribution is 5.76. The van der Waals surface area contributed by atoms with E-state index in [1.807, 2.05) is 24.3 Å². The molecule has 18 heavy (non-hydrogen) atoms. The highest BCUT2D eigenvalue weighted by atomic mass is 16.5. The molecule has 1 amide bonds. The molecule has 1 N–H and O–H groups in total. The monoisotopic (exact) mass is 245 g/mol. The van der Waals surface area contributed by atoms with Gasteiger partial charge in [0.2, 0.25) is 0 Å². The van der Waals surface area contributed by atoms with Gasteiger partial charge in [-0.15, -0.1) is 0 Å². The fourth-order valence-electron chi connectivity index (χ4n) is 1.67. The topological polar surface area (TPSA) is 56.1 Å². The zero-order valence-electron chi connectivity index (χ0n) is 10.2. The van der Waals surface area contributed by atoms with Crippen molar-refractivity contribution in [1.82, 2.24) is 14.9 Å². The molecule has 2 aromatic rings. The van der Waals surface area contributed by atoms with Gasteiger partial charge in [-0.05, 0) is 11.1 Å². The van der Waals surface area contributed by atoms with Gasteiger partial charge in [-0.25, -0.2) is 9.78 Å². The Labute approximate surface area is 105 Å². The van der Waals surface area contributed by atoms with Gasteiger partial charge in [0.05, 0.1) is 6.61 Å². The van der Waals surface area contributed by atoms with Crippen LogP contribution in [0.3, 0.4) is 0 Å². The van der Waals surface area contributed by atoms with Crippen LogP contribution in [0.25, 0.3) is 0 Å². The highest BCUT2D eigenvalue weighted by Crippen LogP contribution is 2.09. The molecule has 0 unspecified atom stereocenters. The number of nitrogens with one attached hydrogen (secondary N) is 1. The first kappa shape index (κ1) is 12.3. The van der Waals surface area contributed by atoms with Gasteiger partial charge in [-0.2, -0.15) is 0 Å². The smallest absolute Gasteiger partial charge is 0.327 e. The normalized spacial score (nSPS) is 10.3. The number of hydrogen-bond donors (Lipinski definition) is 1. The van der Waals surface area contributed by atoms with Crippen LogP contribution >= 0.6 is 0 Å². The predicted octanol–water partition coefficient (Wildman–Crippen LogP) is 1.79. The van der Waals surface area contributed by atoms with E-state index in [1.54, 1.807) is 19.5 Å². The molecule has 0 saturated heterocycles. The minimum Gasteiger partial charge on any atom is -0.380 e. The molecule has 2 rings (SSSR count). The van der Waals surface area contributed by atoms with Gasteiger partial charge in [-0.1, -0.05) is 24.3 Å². The lowest BCUT2D eigenvalue weighted by molar-refractivity contribution is 0.184. The molecule has 1 aromatic carbocycles. The van der Waals surface area contributed by atoms with Crippen molar-refractivity contribution in [2.45, 2.75) is 13.2 Å². The lowest BCUT2D eigenvalue weighted by Gasteiger charge is -2.10. The Kier molecular flexibility index (Phi) is 4.09. The van der Waals surface area contributed by atoms with Crippen molar-refractivity contribution in [3.63, 3.8) is 0 Å². The first-order valence-corrected chi connectivity index (χ1v) is 5.63. The number of methoxy groups -OCH3 is 1. The third-order valence-electron chi connectivity index (χ3n) is 2.59. The number of hydrogen-bond acceptors (Lipinski definition) is 3. The van der Waals surface area contributed by atoms with Crippen molar-refractivity contribution >= 4 is 6.03 Å². The van der Waals surface area contributed by atoms with E-state index in [0.29, 0.717) is 13.2 Å². The summed E-state index contributed by atoms with van der Waals surface area (Å²) in [5.41, 5.74) is 2.12. The number of carbonyl (C=O) groups is 1. The van der Waals surface area contributed by atoms with Crippen LogP contribution in [-0.4, -0.2) is 22.7 Å². The first-order valence-electron chi connectivity index (χ1n) is 5.63. The van der Waals surface area contributed by atoms with Crippen molar-refractivity contribution in [2.75, 3.05) is 7.11 Å². The van der Waals surface area contributed by atoms with E-state index in [4.69, 9.17) is 4.74 Å². The number of benzene rings is 1. The summed E-state index contributed by atoms with van der Waals surface area (Å²) in [6, 6.07) is 7.66. The second kappa shape index (κ2) is 5.97. The minimum atomic E-state index is -0.195. The molecule has 5 heteroatoms. The Bertz CT molecular complexity index is 509. The summed E-state index contributed by atoms with van der Waals surface area (Å²) in [4.78, 5) is 15.6. The van der Waals surface area contributed by atoms with E-state index in [2.05, 4.69) is 10.3 Å². The molecule has 94 valence electrons. The van der Waals surface area contributed by atoms with Crippen LogP contribution in [0.4, 0.5) is 4.79 Å². The van der Waals surface area contributed by atoms with E-state index < -0.39 is 0 Å². The van der Waals surface area contributed by atoms with Gasteiger partial charge >= 0.3 is 6.03 Å². The van der Waals surface area contributed by atoms with Gasteiger partial charge in [0, 0.05) is 26.0 Å². The molecule has 0 atom stereocenters. The van der Waals surface area contributed by atoms with E-state index >= 15 is 0 Å². The molecule has 0 bridgehead atoms. The fraction of sp³-hybridized carbons (Fsp3) is 0.231. The van der Waals surface area contributed by atoms with Gasteiger partial charge in [0.25, 0.3) is 0 Å². The zero-order valence-corrected chi connectivity index (χ0v) is 10.2. The molecular weight excluding hydrogens is 230 g/mol. The molecule has 0 fully saturated rings. The van der Waals surface area contributed by atoms with Crippen LogP contribution in [0.5, 0.6) is 0 Å². The largest absolute Gasteiger partial charge is 0.380 e. The van der Waals surface area contributed by atoms with Gasteiger partial charge in [0.15, 0.2) is 0 Å². The molecule has 1 heterocycles. The summed E-state index contributed by atoms with van der Waals surface area (Å²) < 4.78 is 6.52.